The summed E-state index contributed by atoms with van der Waals surface area (Å²) in [5, 5.41) is 5.29. The Hall–Kier alpha value is -3.88. The lowest BCUT2D eigenvalue weighted by molar-refractivity contribution is 0.0602. The number of hydrogen-bond donors (Lipinski definition) is 2. The van der Waals surface area contributed by atoms with Crippen LogP contribution in [0, 0.1) is 11.6 Å². The average molecular weight is 384 g/mol. The minimum atomic E-state index is -1.01. The Morgan fingerprint density at radius 3 is 2.39 bits per heavy atom. The number of para-hydroxylation sites is 1. The minimum Gasteiger partial charge on any atom is -0.465 e. The molecule has 0 spiro atoms. The van der Waals surface area contributed by atoms with Gasteiger partial charge in [-0.05, 0) is 24.3 Å². The van der Waals surface area contributed by atoms with Crippen LogP contribution in [0.3, 0.4) is 0 Å². The number of benzene rings is 2. The SMILES string of the molecule is COC(=O)c1ccccc1NC(=O)c1cnc(Nc2ccc(F)c(F)c2)nc1. The molecule has 3 aromatic rings. The molecule has 0 aliphatic carbocycles. The maximum Gasteiger partial charge on any atom is 0.339 e. The number of carbonyl (C=O) groups excluding carboxylic acids is 2. The molecule has 2 aromatic carbocycles. The molecular weight excluding hydrogens is 370 g/mol. The number of carbonyl (C=O) groups is 2. The first-order valence-corrected chi connectivity index (χ1v) is 8.00. The summed E-state index contributed by atoms with van der Waals surface area (Å²) in [5.41, 5.74) is 0.873. The van der Waals surface area contributed by atoms with Crippen molar-refractivity contribution in [2.45, 2.75) is 0 Å². The molecule has 1 aromatic heterocycles. The molecule has 3 rings (SSSR count). The van der Waals surface area contributed by atoms with Crippen LogP contribution in [-0.4, -0.2) is 29.0 Å². The molecular formula is C19H14F2N4O3. The van der Waals surface area contributed by atoms with Gasteiger partial charge in [0.25, 0.3) is 5.91 Å². The van der Waals surface area contributed by atoms with E-state index in [9.17, 15) is 18.4 Å². The van der Waals surface area contributed by atoms with Gasteiger partial charge in [-0.1, -0.05) is 12.1 Å². The van der Waals surface area contributed by atoms with Crippen molar-refractivity contribution in [2.24, 2.45) is 0 Å². The van der Waals surface area contributed by atoms with Crippen LogP contribution >= 0.6 is 0 Å². The highest BCUT2D eigenvalue weighted by Gasteiger charge is 2.15. The Balaban J connectivity index is 1.72. The van der Waals surface area contributed by atoms with Crippen LogP contribution in [-0.2, 0) is 4.74 Å². The van der Waals surface area contributed by atoms with Crippen molar-refractivity contribution in [1.82, 2.24) is 9.97 Å². The predicted octanol–water partition coefficient (Wildman–Crippen LogP) is 3.54. The number of ether oxygens (including phenoxy) is 1. The van der Waals surface area contributed by atoms with E-state index in [4.69, 9.17) is 0 Å². The largest absolute Gasteiger partial charge is 0.465 e. The fourth-order valence-corrected chi connectivity index (χ4v) is 2.29. The number of nitrogens with zero attached hydrogens (tertiary/aromatic N) is 2. The molecule has 2 N–H and O–H groups in total. The van der Waals surface area contributed by atoms with Gasteiger partial charge >= 0.3 is 5.97 Å². The molecule has 0 saturated heterocycles. The van der Waals surface area contributed by atoms with Gasteiger partial charge in [-0.15, -0.1) is 0 Å². The highest BCUT2D eigenvalue weighted by atomic mass is 19.2. The van der Waals surface area contributed by atoms with Crippen LogP contribution in [0.15, 0.2) is 54.9 Å². The van der Waals surface area contributed by atoms with Gasteiger partial charge < -0.3 is 15.4 Å². The van der Waals surface area contributed by atoms with Crippen molar-refractivity contribution in [3.8, 4) is 0 Å². The lowest BCUT2D eigenvalue weighted by Crippen LogP contribution is -2.16. The number of methoxy groups -OCH3 is 1. The molecule has 9 heteroatoms. The summed E-state index contributed by atoms with van der Waals surface area (Å²) in [6, 6.07) is 9.64. The Morgan fingerprint density at radius 2 is 1.71 bits per heavy atom. The standard InChI is InChI=1S/C19H14F2N4O3/c1-28-18(27)13-4-2-3-5-16(13)25-17(26)11-9-22-19(23-10-11)24-12-6-7-14(20)15(21)8-12/h2-10H,1H3,(H,25,26)(H,22,23,24). The molecule has 0 unspecified atom stereocenters. The van der Waals surface area contributed by atoms with Gasteiger partial charge in [-0.25, -0.2) is 23.5 Å². The smallest absolute Gasteiger partial charge is 0.339 e. The van der Waals surface area contributed by atoms with E-state index in [2.05, 4.69) is 25.3 Å². The van der Waals surface area contributed by atoms with Crippen molar-refractivity contribution >= 4 is 29.2 Å². The fraction of sp³-hybridized carbons (Fsp3) is 0.0526. The molecule has 0 bridgehead atoms. The second-order valence-electron chi connectivity index (χ2n) is 5.54. The molecule has 0 radical (unpaired) electrons. The van der Waals surface area contributed by atoms with Crippen LogP contribution in [0.25, 0.3) is 0 Å². The number of amides is 1. The van der Waals surface area contributed by atoms with Crippen LogP contribution in [0.2, 0.25) is 0 Å². The van der Waals surface area contributed by atoms with Crippen molar-refractivity contribution in [1.29, 1.82) is 0 Å². The third-order valence-electron chi connectivity index (χ3n) is 3.67. The second kappa shape index (κ2) is 8.21. The summed E-state index contributed by atoms with van der Waals surface area (Å²) in [6.07, 6.45) is 2.51. The monoisotopic (exact) mass is 384 g/mol. The maximum absolute atomic E-state index is 13.2. The lowest BCUT2D eigenvalue weighted by Gasteiger charge is -2.10. The summed E-state index contributed by atoms with van der Waals surface area (Å²) >= 11 is 0. The van der Waals surface area contributed by atoms with Crippen LogP contribution < -0.4 is 10.6 Å². The first-order chi connectivity index (χ1) is 13.5. The van der Waals surface area contributed by atoms with Crippen molar-refractivity contribution < 1.29 is 23.1 Å². The third-order valence-corrected chi connectivity index (χ3v) is 3.67. The Labute approximate surface area is 158 Å². The Morgan fingerprint density at radius 1 is 1.00 bits per heavy atom. The van der Waals surface area contributed by atoms with Gasteiger partial charge in [0.15, 0.2) is 11.6 Å². The molecule has 142 valence electrons. The first-order valence-electron chi connectivity index (χ1n) is 8.00. The minimum absolute atomic E-state index is 0.0949. The van der Waals surface area contributed by atoms with Gasteiger partial charge in [-0.2, -0.15) is 0 Å². The van der Waals surface area contributed by atoms with Crippen molar-refractivity contribution in [3.05, 3.63) is 77.6 Å². The third kappa shape index (κ3) is 4.26. The van der Waals surface area contributed by atoms with E-state index >= 15 is 0 Å². The normalized spacial score (nSPS) is 10.2. The molecule has 1 heterocycles. The van der Waals surface area contributed by atoms with E-state index in [1.54, 1.807) is 18.2 Å². The Kier molecular flexibility index (Phi) is 5.54. The number of anilines is 3. The Bertz CT molecular complexity index is 1030. The van der Waals surface area contributed by atoms with Crippen LogP contribution in [0.4, 0.5) is 26.1 Å². The van der Waals surface area contributed by atoms with E-state index in [1.807, 2.05) is 0 Å². The summed E-state index contributed by atoms with van der Waals surface area (Å²) in [6.45, 7) is 0. The zero-order chi connectivity index (χ0) is 20.1. The highest BCUT2D eigenvalue weighted by Crippen LogP contribution is 2.18. The van der Waals surface area contributed by atoms with E-state index in [1.165, 1.54) is 31.6 Å². The molecule has 0 aliphatic rings. The summed E-state index contributed by atoms with van der Waals surface area (Å²) < 4.78 is 30.9. The number of rotatable bonds is 5. The first kappa shape index (κ1) is 18.9. The number of nitrogens with one attached hydrogen (secondary N) is 2. The molecule has 0 atom stereocenters. The zero-order valence-corrected chi connectivity index (χ0v) is 14.6. The van der Waals surface area contributed by atoms with Crippen LogP contribution in [0.5, 0.6) is 0 Å². The molecule has 0 aliphatic heterocycles. The maximum atomic E-state index is 13.2. The molecule has 7 nitrogen and oxygen atoms in total. The summed E-state index contributed by atoms with van der Waals surface area (Å²) in [7, 11) is 1.24. The average Bonchev–Trinajstić information content (AvgIpc) is 2.71. The van der Waals surface area contributed by atoms with Crippen LogP contribution in [0.1, 0.15) is 20.7 Å². The van der Waals surface area contributed by atoms with Gasteiger partial charge in [-0.3, -0.25) is 4.79 Å². The predicted molar refractivity (Wildman–Crippen MR) is 97.4 cm³/mol. The summed E-state index contributed by atoms with van der Waals surface area (Å²) in [4.78, 5) is 32.1. The summed E-state index contributed by atoms with van der Waals surface area (Å²) in [5.74, 6) is -3.00. The van der Waals surface area contributed by atoms with Gasteiger partial charge in [0.1, 0.15) is 0 Å². The molecule has 28 heavy (non-hydrogen) atoms. The van der Waals surface area contributed by atoms with Crippen molar-refractivity contribution in [2.75, 3.05) is 17.7 Å². The quantitative estimate of drug-likeness (QED) is 0.654. The molecule has 0 fully saturated rings. The number of halogens is 2. The van der Waals surface area contributed by atoms with E-state index in [0.717, 1.165) is 12.1 Å². The van der Waals surface area contributed by atoms with Crippen molar-refractivity contribution in [3.63, 3.8) is 0 Å². The lowest BCUT2D eigenvalue weighted by atomic mass is 10.1. The van der Waals surface area contributed by atoms with Gasteiger partial charge in [0.2, 0.25) is 5.95 Å². The number of hydrogen-bond acceptors (Lipinski definition) is 6. The topological polar surface area (TPSA) is 93.2 Å². The van der Waals surface area contributed by atoms with Gasteiger partial charge in [0, 0.05) is 24.1 Å². The molecule has 0 saturated carbocycles. The van der Waals surface area contributed by atoms with E-state index in [-0.39, 0.29) is 28.5 Å². The number of aromatic nitrogens is 2. The number of esters is 1. The highest BCUT2D eigenvalue weighted by molar-refractivity contribution is 6.07. The van der Waals surface area contributed by atoms with E-state index in [0.29, 0.717) is 0 Å². The molecule has 1 amide bonds. The fourth-order valence-electron chi connectivity index (χ4n) is 2.29. The zero-order valence-electron chi connectivity index (χ0n) is 14.6. The van der Waals surface area contributed by atoms with Gasteiger partial charge in [0.05, 0.1) is 23.9 Å². The second-order valence-corrected chi connectivity index (χ2v) is 5.54. The van der Waals surface area contributed by atoms with E-state index < -0.39 is 23.5 Å².